The second kappa shape index (κ2) is 5.47. The summed E-state index contributed by atoms with van der Waals surface area (Å²) in [6.07, 6.45) is 1.82. The minimum absolute atomic E-state index is 0.710. The van der Waals surface area contributed by atoms with E-state index in [9.17, 15) is 0 Å². The molecule has 3 nitrogen and oxygen atoms in total. The van der Waals surface area contributed by atoms with E-state index in [0.717, 1.165) is 24.4 Å². The van der Waals surface area contributed by atoms with Gasteiger partial charge in [0, 0.05) is 24.7 Å². The molecule has 0 unspecified atom stereocenters. The van der Waals surface area contributed by atoms with Crippen molar-refractivity contribution in [1.29, 1.82) is 0 Å². The first-order chi connectivity index (χ1) is 7.92. The summed E-state index contributed by atoms with van der Waals surface area (Å²) in [5.41, 5.74) is 0. The highest BCUT2D eigenvalue weighted by Crippen LogP contribution is 2.19. The fraction of sp³-hybridized carbons (Fsp3) is 0.308. The number of nitrogens with zero attached hydrogens (tertiary/aromatic N) is 1. The number of rotatable bonds is 5. The predicted octanol–water partition coefficient (Wildman–Crippen LogP) is 2.68. The topological polar surface area (TPSA) is 34.1 Å². The Morgan fingerprint density at radius 1 is 1.25 bits per heavy atom. The number of ether oxygens (including phenoxy) is 1. The summed E-state index contributed by atoms with van der Waals surface area (Å²) in [7, 11) is 0. The molecule has 0 aliphatic carbocycles. The number of nitrogens with one attached hydrogen (secondary N) is 1. The van der Waals surface area contributed by atoms with Gasteiger partial charge in [-0.05, 0) is 18.4 Å². The molecule has 0 fully saturated rings. The Balaban J connectivity index is 2.11. The van der Waals surface area contributed by atoms with Crippen LogP contribution in [0, 0.1) is 0 Å². The number of aromatic nitrogens is 1. The first kappa shape index (κ1) is 10.9. The Hall–Kier alpha value is -1.61. The summed E-state index contributed by atoms with van der Waals surface area (Å²) in [6, 6.07) is 10.2. The maximum Gasteiger partial charge on any atom is 0.133 e. The average molecular weight is 216 g/mol. The number of pyridine rings is 1. The molecule has 16 heavy (non-hydrogen) atoms. The highest BCUT2D eigenvalue weighted by Gasteiger charge is 1.99. The van der Waals surface area contributed by atoms with Crippen molar-refractivity contribution in [1.82, 2.24) is 4.98 Å². The van der Waals surface area contributed by atoms with E-state index in [1.165, 1.54) is 5.39 Å². The third-order valence-electron chi connectivity index (χ3n) is 2.42. The standard InChI is InChI=1S/C13H16N2O/c1-2-16-10-9-15-13-12-6-4-3-5-11(12)7-8-14-13/h3-8H,2,9-10H2,1H3,(H,14,15). The average Bonchev–Trinajstić information content (AvgIpc) is 2.35. The molecule has 3 heteroatoms. The zero-order chi connectivity index (χ0) is 11.2. The number of benzene rings is 1. The lowest BCUT2D eigenvalue weighted by molar-refractivity contribution is 0.158. The Morgan fingerprint density at radius 3 is 3.00 bits per heavy atom. The molecule has 0 amide bonds. The highest BCUT2D eigenvalue weighted by molar-refractivity contribution is 5.91. The highest BCUT2D eigenvalue weighted by atomic mass is 16.5. The van der Waals surface area contributed by atoms with Gasteiger partial charge in [0.15, 0.2) is 0 Å². The molecule has 1 aromatic carbocycles. The van der Waals surface area contributed by atoms with Crippen LogP contribution in [0.2, 0.25) is 0 Å². The van der Waals surface area contributed by atoms with Crippen molar-refractivity contribution in [3.05, 3.63) is 36.5 Å². The van der Waals surface area contributed by atoms with Gasteiger partial charge in [-0.3, -0.25) is 0 Å². The first-order valence-electron chi connectivity index (χ1n) is 5.57. The van der Waals surface area contributed by atoms with Gasteiger partial charge in [0.05, 0.1) is 6.61 Å². The molecule has 0 bridgehead atoms. The molecule has 0 aliphatic heterocycles. The van der Waals surface area contributed by atoms with Gasteiger partial charge in [0.25, 0.3) is 0 Å². The Bertz CT molecular complexity index is 451. The van der Waals surface area contributed by atoms with Crippen molar-refractivity contribution in [2.75, 3.05) is 25.1 Å². The molecule has 84 valence electrons. The summed E-state index contributed by atoms with van der Waals surface area (Å²) < 4.78 is 5.28. The normalized spacial score (nSPS) is 10.6. The van der Waals surface area contributed by atoms with Gasteiger partial charge in [0.1, 0.15) is 5.82 Å². The molecule has 0 spiro atoms. The second-order valence-electron chi connectivity index (χ2n) is 3.50. The van der Waals surface area contributed by atoms with Crippen LogP contribution in [0.1, 0.15) is 6.92 Å². The van der Waals surface area contributed by atoms with Crippen molar-refractivity contribution in [3.8, 4) is 0 Å². The van der Waals surface area contributed by atoms with Crippen molar-refractivity contribution in [2.24, 2.45) is 0 Å². The molecule has 1 N–H and O–H groups in total. The van der Waals surface area contributed by atoms with E-state index in [1.807, 2.05) is 31.3 Å². The van der Waals surface area contributed by atoms with Gasteiger partial charge in [-0.25, -0.2) is 4.98 Å². The lowest BCUT2D eigenvalue weighted by Gasteiger charge is -2.08. The predicted molar refractivity (Wildman–Crippen MR) is 66.7 cm³/mol. The van der Waals surface area contributed by atoms with E-state index < -0.39 is 0 Å². The smallest absolute Gasteiger partial charge is 0.133 e. The van der Waals surface area contributed by atoms with Gasteiger partial charge in [-0.1, -0.05) is 24.3 Å². The van der Waals surface area contributed by atoms with Crippen LogP contribution >= 0.6 is 0 Å². The number of hydrogen-bond donors (Lipinski definition) is 1. The number of anilines is 1. The fourth-order valence-corrected chi connectivity index (χ4v) is 1.65. The summed E-state index contributed by atoms with van der Waals surface area (Å²) >= 11 is 0. The van der Waals surface area contributed by atoms with Crippen molar-refractivity contribution >= 4 is 16.6 Å². The minimum Gasteiger partial charge on any atom is -0.380 e. The summed E-state index contributed by atoms with van der Waals surface area (Å²) in [4.78, 5) is 4.34. The van der Waals surface area contributed by atoms with Crippen LogP contribution in [0.4, 0.5) is 5.82 Å². The van der Waals surface area contributed by atoms with E-state index in [4.69, 9.17) is 4.74 Å². The van der Waals surface area contributed by atoms with E-state index in [-0.39, 0.29) is 0 Å². The largest absolute Gasteiger partial charge is 0.380 e. The van der Waals surface area contributed by atoms with Gasteiger partial charge in [-0.2, -0.15) is 0 Å². The Kier molecular flexibility index (Phi) is 3.72. The van der Waals surface area contributed by atoms with Gasteiger partial charge in [-0.15, -0.1) is 0 Å². The molecule has 0 aliphatic rings. The van der Waals surface area contributed by atoms with Gasteiger partial charge < -0.3 is 10.1 Å². The van der Waals surface area contributed by atoms with Gasteiger partial charge in [0.2, 0.25) is 0 Å². The molecule has 0 radical (unpaired) electrons. The van der Waals surface area contributed by atoms with E-state index in [2.05, 4.69) is 22.4 Å². The third-order valence-corrected chi connectivity index (χ3v) is 2.42. The van der Waals surface area contributed by atoms with Crippen LogP contribution in [-0.4, -0.2) is 24.7 Å². The lowest BCUT2D eigenvalue weighted by atomic mass is 10.1. The van der Waals surface area contributed by atoms with Crippen molar-refractivity contribution in [2.45, 2.75) is 6.92 Å². The SMILES string of the molecule is CCOCCNc1nccc2ccccc12. The van der Waals surface area contributed by atoms with Crippen molar-refractivity contribution < 1.29 is 4.74 Å². The van der Waals surface area contributed by atoms with Crippen LogP contribution in [0.3, 0.4) is 0 Å². The van der Waals surface area contributed by atoms with E-state index in [0.29, 0.717) is 6.61 Å². The van der Waals surface area contributed by atoms with E-state index in [1.54, 1.807) is 0 Å². The quantitative estimate of drug-likeness (QED) is 0.780. The van der Waals surface area contributed by atoms with E-state index >= 15 is 0 Å². The molecule has 0 saturated carbocycles. The second-order valence-corrected chi connectivity index (χ2v) is 3.50. The molecular weight excluding hydrogens is 200 g/mol. The van der Waals surface area contributed by atoms with Crippen molar-refractivity contribution in [3.63, 3.8) is 0 Å². The lowest BCUT2D eigenvalue weighted by Crippen LogP contribution is -2.10. The first-order valence-corrected chi connectivity index (χ1v) is 5.57. The zero-order valence-electron chi connectivity index (χ0n) is 9.44. The summed E-state index contributed by atoms with van der Waals surface area (Å²) in [6.45, 7) is 4.25. The Morgan fingerprint density at radius 2 is 2.12 bits per heavy atom. The van der Waals surface area contributed by atoms with Crippen LogP contribution in [0.25, 0.3) is 10.8 Å². The van der Waals surface area contributed by atoms with Gasteiger partial charge >= 0.3 is 0 Å². The Labute approximate surface area is 95.5 Å². The van der Waals surface area contributed by atoms with Crippen LogP contribution in [-0.2, 0) is 4.74 Å². The van der Waals surface area contributed by atoms with Crippen LogP contribution in [0.15, 0.2) is 36.5 Å². The summed E-state index contributed by atoms with van der Waals surface area (Å²) in [5, 5.41) is 5.65. The van der Waals surface area contributed by atoms with Crippen LogP contribution in [0.5, 0.6) is 0 Å². The molecule has 0 atom stereocenters. The monoisotopic (exact) mass is 216 g/mol. The maximum atomic E-state index is 5.28. The fourth-order valence-electron chi connectivity index (χ4n) is 1.65. The number of hydrogen-bond acceptors (Lipinski definition) is 3. The zero-order valence-corrected chi connectivity index (χ0v) is 9.44. The molecule has 1 heterocycles. The number of fused-ring (bicyclic) bond motifs is 1. The molecule has 1 aromatic heterocycles. The third kappa shape index (κ3) is 2.49. The molecule has 2 aromatic rings. The summed E-state index contributed by atoms with van der Waals surface area (Å²) in [5.74, 6) is 0.929. The molecule has 2 rings (SSSR count). The van der Waals surface area contributed by atoms with Crippen LogP contribution < -0.4 is 5.32 Å². The molecular formula is C13H16N2O. The minimum atomic E-state index is 0.710. The maximum absolute atomic E-state index is 5.28. The molecule has 0 saturated heterocycles.